The van der Waals surface area contributed by atoms with Crippen LogP contribution in [-0.4, -0.2) is 25.5 Å². The van der Waals surface area contributed by atoms with Gasteiger partial charge in [0.15, 0.2) is 0 Å². The van der Waals surface area contributed by atoms with E-state index in [-0.39, 0.29) is 5.75 Å². The average Bonchev–Trinajstić information content (AvgIpc) is 2.29. The van der Waals surface area contributed by atoms with Gasteiger partial charge in [0.25, 0.3) is 0 Å². The van der Waals surface area contributed by atoms with Crippen molar-refractivity contribution < 1.29 is 8.42 Å². The summed E-state index contributed by atoms with van der Waals surface area (Å²) in [6, 6.07) is 7.66. The third kappa shape index (κ3) is 3.30. The lowest BCUT2D eigenvalue weighted by Crippen LogP contribution is -2.27. The smallest absolute Gasteiger partial charge is 0.213 e. The lowest BCUT2D eigenvalue weighted by molar-refractivity contribution is 0.468. The van der Waals surface area contributed by atoms with Crippen LogP contribution in [0.15, 0.2) is 24.3 Å². The first-order valence-corrected chi connectivity index (χ1v) is 6.82. The molecule has 0 aromatic heterocycles. The van der Waals surface area contributed by atoms with Crippen molar-refractivity contribution in [1.29, 1.82) is 0 Å². The van der Waals surface area contributed by atoms with Gasteiger partial charge >= 0.3 is 0 Å². The van der Waals surface area contributed by atoms with Gasteiger partial charge in [0.2, 0.25) is 10.0 Å². The van der Waals surface area contributed by atoms with Gasteiger partial charge in [-0.2, -0.15) is 0 Å². The zero-order valence-electron chi connectivity index (χ0n) is 9.68. The Morgan fingerprint density at radius 2 is 1.94 bits per heavy atom. The van der Waals surface area contributed by atoms with Crippen molar-refractivity contribution in [2.75, 3.05) is 12.8 Å². The lowest BCUT2D eigenvalue weighted by atomic mass is 10.1. The van der Waals surface area contributed by atoms with Crippen LogP contribution in [-0.2, 0) is 23.1 Å². The van der Waals surface area contributed by atoms with Gasteiger partial charge in [0.05, 0.1) is 5.75 Å². The predicted molar refractivity (Wildman–Crippen MR) is 65.3 cm³/mol. The molecular formula is C11H18N2O2S. The van der Waals surface area contributed by atoms with E-state index < -0.39 is 10.0 Å². The molecular weight excluding hydrogens is 224 g/mol. The van der Waals surface area contributed by atoms with Crippen molar-refractivity contribution in [2.24, 2.45) is 5.73 Å². The Hall–Kier alpha value is -0.910. The third-order valence-corrected chi connectivity index (χ3v) is 4.28. The van der Waals surface area contributed by atoms with Crippen LogP contribution < -0.4 is 5.73 Å². The molecule has 0 atom stereocenters. The Bertz CT molecular complexity index is 443. The fourth-order valence-corrected chi connectivity index (χ4v) is 2.22. The molecule has 0 radical (unpaired) electrons. The maximum atomic E-state index is 11.6. The van der Waals surface area contributed by atoms with Crippen LogP contribution in [0.4, 0.5) is 0 Å². The Kier molecular flexibility index (Phi) is 4.46. The number of nitrogens with two attached hydrogens (primary N) is 1. The SMILES string of the molecule is CCS(=O)(=O)N(C)Cc1cccc(CN)c1. The molecule has 90 valence electrons. The van der Waals surface area contributed by atoms with E-state index in [2.05, 4.69) is 0 Å². The fourth-order valence-electron chi connectivity index (χ4n) is 1.43. The van der Waals surface area contributed by atoms with E-state index in [1.54, 1.807) is 14.0 Å². The quantitative estimate of drug-likeness (QED) is 0.835. The summed E-state index contributed by atoms with van der Waals surface area (Å²) < 4.78 is 24.5. The highest BCUT2D eigenvalue weighted by Crippen LogP contribution is 2.09. The van der Waals surface area contributed by atoms with E-state index >= 15 is 0 Å². The number of nitrogens with zero attached hydrogens (tertiary/aromatic N) is 1. The molecule has 16 heavy (non-hydrogen) atoms. The molecule has 4 nitrogen and oxygen atoms in total. The molecule has 1 aromatic carbocycles. The zero-order valence-corrected chi connectivity index (χ0v) is 10.5. The molecule has 0 fully saturated rings. The zero-order chi connectivity index (χ0) is 12.2. The fraction of sp³-hybridized carbons (Fsp3) is 0.455. The van der Waals surface area contributed by atoms with Gasteiger partial charge in [0, 0.05) is 20.1 Å². The Morgan fingerprint density at radius 3 is 2.50 bits per heavy atom. The minimum Gasteiger partial charge on any atom is -0.326 e. The first kappa shape index (κ1) is 13.2. The molecule has 0 aliphatic rings. The molecule has 0 spiro atoms. The van der Waals surface area contributed by atoms with E-state index in [1.165, 1.54) is 4.31 Å². The molecule has 0 saturated heterocycles. The lowest BCUT2D eigenvalue weighted by Gasteiger charge is -2.16. The van der Waals surface area contributed by atoms with E-state index in [0.29, 0.717) is 13.1 Å². The number of benzene rings is 1. The molecule has 0 aliphatic carbocycles. The van der Waals surface area contributed by atoms with Gasteiger partial charge < -0.3 is 5.73 Å². The minimum absolute atomic E-state index is 0.125. The predicted octanol–water partition coefficient (Wildman–Crippen LogP) is 0.927. The third-order valence-electron chi connectivity index (χ3n) is 2.47. The number of sulfonamides is 1. The second-order valence-electron chi connectivity index (χ2n) is 3.68. The second-order valence-corrected chi connectivity index (χ2v) is 6.05. The van der Waals surface area contributed by atoms with Gasteiger partial charge in [0.1, 0.15) is 0 Å². The first-order chi connectivity index (χ1) is 7.49. The summed E-state index contributed by atoms with van der Waals surface area (Å²) in [6.07, 6.45) is 0. The monoisotopic (exact) mass is 242 g/mol. The van der Waals surface area contributed by atoms with Crippen LogP contribution in [0, 0.1) is 0 Å². The van der Waals surface area contributed by atoms with Crippen LogP contribution in [0.5, 0.6) is 0 Å². The van der Waals surface area contributed by atoms with E-state index in [0.717, 1.165) is 11.1 Å². The first-order valence-electron chi connectivity index (χ1n) is 5.21. The highest BCUT2D eigenvalue weighted by Gasteiger charge is 2.14. The molecule has 1 aromatic rings. The molecule has 0 saturated carbocycles. The highest BCUT2D eigenvalue weighted by atomic mass is 32.2. The van der Waals surface area contributed by atoms with Gasteiger partial charge in [-0.1, -0.05) is 24.3 Å². The van der Waals surface area contributed by atoms with Gasteiger partial charge in [-0.3, -0.25) is 0 Å². The van der Waals surface area contributed by atoms with Gasteiger partial charge in [-0.05, 0) is 18.1 Å². The van der Waals surface area contributed by atoms with Crippen LogP contribution >= 0.6 is 0 Å². The van der Waals surface area contributed by atoms with E-state index in [1.807, 2.05) is 24.3 Å². The molecule has 0 bridgehead atoms. The largest absolute Gasteiger partial charge is 0.326 e. The summed E-state index contributed by atoms with van der Waals surface area (Å²) in [6.45, 7) is 2.50. The van der Waals surface area contributed by atoms with Crippen molar-refractivity contribution in [3.8, 4) is 0 Å². The molecule has 0 amide bonds. The van der Waals surface area contributed by atoms with Crippen LogP contribution in [0.2, 0.25) is 0 Å². The normalized spacial score (nSPS) is 12.0. The van der Waals surface area contributed by atoms with Crippen LogP contribution in [0.1, 0.15) is 18.1 Å². The van der Waals surface area contributed by atoms with Gasteiger partial charge in [-0.25, -0.2) is 12.7 Å². The van der Waals surface area contributed by atoms with E-state index in [4.69, 9.17) is 5.73 Å². The Morgan fingerprint density at radius 1 is 1.31 bits per heavy atom. The van der Waals surface area contributed by atoms with Crippen LogP contribution in [0.25, 0.3) is 0 Å². The number of rotatable bonds is 5. The maximum Gasteiger partial charge on any atom is 0.213 e. The van der Waals surface area contributed by atoms with Crippen molar-refractivity contribution >= 4 is 10.0 Å². The molecule has 0 heterocycles. The second kappa shape index (κ2) is 5.43. The molecule has 0 unspecified atom stereocenters. The van der Waals surface area contributed by atoms with Crippen molar-refractivity contribution in [2.45, 2.75) is 20.0 Å². The maximum absolute atomic E-state index is 11.6. The Balaban J connectivity index is 2.81. The van der Waals surface area contributed by atoms with Gasteiger partial charge in [-0.15, -0.1) is 0 Å². The Labute approximate surface area is 97.1 Å². The van der Waals surface area contributed by atoms with Crippen molar-refractivity contribution in [3.05, 3.63) is 35.4 Å². The number of hydrogen-bond donors (Lipinski definition) is 1. The summed E-state index contributed by atoms with van der Waals surface area (Å²) in [5.74, 6) is 0.125. The topological polar surface area (TPSA) is 63.4 Å². The molecule has 1 rings (SSSR count). The van der Waals surface area contributed by atoms with Crippen molar-refractivity contribution in [3.63, 3.8) is 0 Å². The summed E-state index contributed by atoms with van der Waals surface area (Å²) in [7, 11) is -1.52. The molecule has 5 heteroatoms. The molecule has 2 N–H and O–H groups in total. The van der Waals surface area contributed by atoms with Crippen LogP contribution in [0.3, 0.4) is 0 Å². The number of hydrogen-bond acceptors (Lipinski definition) is 3. The molecule has 0 aliphatic heterocycles. The summed E-state index contributed by atoms with van der Waals surface area (Å²) >= 11 is 0. The summed E-state index contributed by atoms with van der Waals surface area (Å²) in [4.78, 5) is 0. The highest BCUT2D eigenvalue weighted by molar-refractivity contribution is 7.89. The summed E-state index contributed by atoms with van der Waals surface area (Å²) in [5.41, 5.74) is 7.50. The van der Waals surface area contributed by atoms with E-state index in [9.17, 15) is 8.42 Å². The van der Waals surface area contributed by atoms with Crippen molar-refractivity contribution in [1.82, 2.24) is 4.31 Å². The summed E-state index contributed by atoms with van der Waals surface area (Å²) in [5, 5.41) is 0. The average molecular weight is 242 g/mol. The standard InChI is InChI=1S/C11H18N2O2S/c1-3-16(14,15)13(2)9-11-6-4-5-10(7-11)8-12/h4-7H,3,8-9,12H2,1-2H3. The minimum atomic E-state index is -3.11.